The van der Waals surface area contributed by atoms with Crippen LogP contribution in [0.1, 0.15) is 30.1 Å². The third kappa shape index (κ3) is 4.26. The van der Waals surface area contributed by atoms with Crippen LogP contribution < -0.4 is 0 Å². The molecule has 17 heavy (non-hydrogen) atoms. The zero-order valence-corrected chi connectivity index (χ0v) is 10.8. The van der Waals surface area contributed by atoms with Crippen molar-refractivity contribution in [3.63, 3.8) is 0 Å². The smallest absolute Gasteiger partial charge is 0.303 e. The fourth-order valence-electron chi connectivity index (χ4n) is 1.47. The molecule has 0 saturated heterocycles. The van der Waals surface area contributed by atoms with Crippen LogP contribution in [-0.4, -0.2) is 16.9 Å². The van der Waals surface area contributed by atoms with E-state index in [1.807, 2.05) is 0 Å². The van der Waals surface area contributed by atoms with Crippen molar-refractivity contribution in [2.45, 2.75) is 19.8 Å². The van der Waals surface area contributed by atoms with E-state index in [-0.39, 0.29) is 29.0 Å². The molecule has 0 aromatic heterocycles. The number of hydrogen-bond donors (Lipinski definition) is 1. The number of benzene rings is 1. The molecule has 1 N–H and O–H groups in total. The summed E-state index contributed by atoms with van der Waals surface area (Å²) in [7, 11) is 0. The molecule has 1 aromatic rings. The second-order valence-electron chi connectivity index (χ2n) is 3.96. The Hall–Kier alpha value is -1.23. The van der Waals surface area contributed by atoms with Gasteiger partial charge in [0.1, 0.15) is 5.82 Å². The molecule has 1 aromatic carbocycles. The molecule has 1 atom stereocenters. The largest absolute Gasteiger partial charge is 0.481 e. The summed E-state index contributed by atoms with van der Waals surface area (Å²) in [4.78, 5) is 22.2. The number of Topliss-reactive ketones (excluding diaryl/α,β-unsaturated/α-hetero) is 1. The van der Waals surface area contributed by atoms with Crippen molar-refractivity contribution < 1.29 is 19.1 Å². The van der Waals surface area contributed by atoms with Gasteiger partial charge >= 0.3 is 5.97 Å². The molecule has 0 saturated carbocycles. The van der Waals surface area contributed by atoms with Crippen molar-refractivity contribution in [3.05, 3.63) is 34.1 Å². The van der Waals surface area contributed by atoms with Crippen LogP contribution in [0.15, 0.2) is 22.7 Å². The maximum absolute atomic E-state index is 13.0. The van der Waals surface area contributed by atoms with E-state index >= 15 is 0 Å². The van der Waals surface area contributed by atoms with E-state index in [0.717, 1.165) is 0 Å². The predicted octanol–water partition coefficient (Wildman–Crippen LogP) is 3.27. The van der Waals surface area contributed by atoms with Gasteiger partial charge in [0.2, 0.25) is 0 Å². The van der Waals surface area contributed by atoms with Crippen molar-refractivity contribution in [1.82, 2.24) is 0 Å². The summed E-state index contributed by atoms with van der Waals surface area (Å²) >= 11 is 3.00. The van der Waals surface area contributed by atoms with Crippen LogP contribution in [0.3, 0.4) is 0 Å². The van der Waals surface area contributed by atoms with E-state index in [4.69, 9.17) is 5.11 Å². The molecule has 0 radical (unpaired) electrons. The molecule has 92 valence electrons. The first-order valence-electron chi connectivity index (χ1n) is 5.10. The van der Waals surface area contributed by atoms with Gasteiger partial charge in [-0.3, -0.25) is 9.59 Å². The summed E-state index contributed by atoms with van der Waals surface area (Å²) in [5, 5.41) is 8.58. The number of aliphatic carboxylic acids is 1. The van der Waals surface area contributed by atoms with Crippen LogP contribution in [0.4, 0.5) is 4.39 Å². The Morgan fingerprint density at radius 1 is 1.41 bits per heavy atom. The fraction of sp³-hybridized carbons (Fsp3) is 0.333. The number of hydrogen-bond acceptors (Lipinski definition) is 2. The van der Waals surface area contributed by atoms with Gasteiger partial charge < -0.3 is 5.11 Å². The minimum absolute atomic E-state index is 0.0475. The average Bonchev–Trinajstić information content (AvgIpc) is 2.20. The van der Waals surface area contributed by atoms with Gasteiger partial charge in [-0.15, -0.1) is 0 Å². The molecule has 0 fully saturated rings. The third-order valence-electron chi connectivity index (χ3n) is 2.30. The summed E-state index contributed by atoms with van der Waals surface area (Å²) in [6, 6.07) is 4.01. The maximum atomic E-state index is 13.0. The number of carbonyl (C=O) groups excluding carboxylic acids is 1. The van der Waals surface area contributed by atoms with Crippen molar-refractivity contribution in [2.24, 2.45) is 5.92 Å². The number of carbonyl (C=O) groups is 2. The van der Waals surface area contributed by atoms with Crippen LogP contribution in [0.25, 0.3) is 0 Å². The Morgan fingerprint density at radius 3 is 2.59 bits per heavy atom. The van der Waals surface area contributed by atoms with E-state index in [1.165, 1.54) is 18.2 Å². The average molecular weight is 303 g/mol. The van der Waals surface area contributed by atoms with E-state index in [1.54, 1.807) is 6.92 Å². The molecular weight excluding hydrogens is 291 g/mol. The molecule has 0 aliphatic rings. The van der Waals surface area contributed by atoms with E-state index in [0.29, 0.717) is 5.56 Å². The Morgan fingerprint density at radius 2 is 2.06 bits per heavy atom. The standard InChI is InChI=1S/C12H12BrFO3/c1-7(5-12(16)17)4-11(15)8-2-3-10(14)9(13)6-8/h2-3,6-7H,4-5H2,1H3,(H,16,17). The minimum Gasteiger partial charge on any atom is -0.481 e. The summed E-state index contributed by atoms with van der Waals surface area (Å²) in [5.74, 6) is -1.77. The lowest BCUT2D eigenvalue weighted by Crippen LogP contribution is -2.10. The lowest BCUT2D eigenvalue weighted by Gasteiger charge is -2.07. The van der Waals surface area contributed by atoms with Crippen LogP contribution in [0, 0.1) is 11.7 Å². The molecule has 0 amide bonds. The Kier molecular flexibility index (Phi) is 4.81. The van der Waals surface area contributed by atoms with Crippen molar-refractivity contribution in [1.29, 1.82) is 0 Å². The summed E-state index contributed by atoms with van der Waals surface area (Å²) in [5.41, 5.74) is 0.385. The van der Waals surface area contributed by atoms with Gasteiger partial charge in [-0.05, 0) is 40.0 Å². The van der Waals surface area contributed by atoms with Crippen LogP contribution >= 0.6 is 15.9 Å². The Labute approximate surface area is 107 Å². The van der Waals surface area contributed by atoms with E-state index in [9.17, 15) is 14.0 Å². The van der Waals surface area contributed by atoms with Gasteiger partial charge in [0, 0.05) is 18.4 Å². The van der Waals surface area contributed by atoms with Gasteiger partial charge in [-0.25, -0.2) is 4.39 Å². The fourth-order valence-corrected chi connectivity index (χ4v) is 1.85. The number of ketones is 1. The summed E-state index contributed by atoms with van der Waals surface area (Å²) < 4.78 is 13.2. The first-order valence-corrected chi connectivity index (χ1v) is 5.89. The lowest BCUT2D eigenvalue weighted by molar-refractivity contribution is -0.137. The monoisotopic (exact) mass is 302 g/mol. The van der Waals surface area contributed by atoms with Gasteiger partial charge in [-0.1, -0.05) is 6.92 Å². The zero-order chi connectivity index (χ0) is 13.0. The highest BCUT2D eigenvalue weighted by Crippen LogP contribution is 2.19. The second kappa shape index (κ2) is 5.91. The summed E-state index contributed by atoms with van der Waals surface area (Å²) in [6.45, 7) is 1.70. The van der Waals surface area contributed by atoms with E-state index in [2.05, 4.69) is 15.9 Å². The van der Waals surface area contributed by atoms with Gasteiger partial charge in [0.25, 0.3) is 0 Å². The molecular formula is C12H12BrFO3. The first-order chi connectivity index (χ1) is 7.90. The Bertz CT molecular complexity index is 445. The molecule has 0 spiro atoms. The molecule has 5 heteroatoms. The number of carboxylic acid groups (broad SMARTS) is 1. The molecule has 1 unspecified atom stereocenters. The molecule has 3 nitrogen and oxygen atoms in total. The molecule has 0 heterocycles. The normalized spacial score (nSPS) is 12.2. The van der Waals surface area contributed by atoms with Crippen LogP contribution in [-0.2, 0) is 4.79 Å². The van der Waals surface area contributed by atoms with Gasteiger partial charge in [0.15, 0.2) is 5.78 Å². The van der Waals surface area contributed by atoms with Gasteiger partial charge in [0.05, 0.1) is 4.47 Å². The van der Waals surface area contributed by atoms with Gasteiger partial charge in [-0.2, -0.15) is 0 Å². The first kappa shape index (κ1) is 13.8. The highest BCUT2D eigenvalue weighted by Gasteiger charge is 2.15. The quantitative estimate of drug-likeness (QED) is 0.849. The van der Waals surface area contributed by atoms with E-state index < -0.39 is 11.8 Å². The number of halogens is 2. The molecule has 0 aliphatic carbocycles. The highest BCUT2D eigenvalue weighted by molar-refractivity contribution is 9.10. The van der Waals surface area contributed by atoms with Crippen molar-refractivity contribution in [2.75, 3.05) is 0 Å². The highest BCUT2D eigenvalue weighted by atomic mass is 79.9. The maximum Gasteiger partial charge on any atom is 0.303 e. The van der Waals surface area contributed by atoms with Crippen molar-refractivity contribution in [3.8, 4) is 0 Å². The molecule has 0 bridgehead atoms. The number of rotatable bonds is 5. The lowest BCUT2D eigenvalue weighted by atomic mass is 9.97. The Balaban J connectivity index is 2.70. The minimum atomic E-state index is -0.925. The molecule has 0 aliphatic heterocycles. The SMILES string of the molecule is CC(CC(=O)O)CC(=O)c1ccc(F)c(Br)c1. The molecule has 1 rings (SSSR count). The van der Waals surface area contributed by atoms with Crippen molar-refractivity contribution >= 4 is 27.7 Å². The third-order valence-corrected chi connectivity index (χ3v) is 2.91. The van der Waals surface area contributed by atoms with Crippen LogP contribution in [0.5, 0.6) is 0 Å². The zero-order valence-electron chi connectivity index (χ0n) is 9.24. The predicted molar refractivity (Wildman–Crippen MR) is 64.5 cm³/mol. The summed E-state index contributed by atoms with van der Waals surface area (Å²) in [6.07, 6.45) is 0.0957. The topological polar surface area (TPSA) is 54.4 Å². The van der Waals surface area contributed by atoms with Crippen LogP contribution in [0.2, 0.25) is 0 Å². The second-order valence-corrected chi connectivity index (χ2v) is 4.81. The number of carboxylic acids is 1.